The van der Waals surface area contributed by atoms with Gasteiger partial charge in [-0.3, -0.25) is 4.79 Å². The number of amides is 1. The molecule has 0 spiro atoms. The van der Waals surface area contributed by atoms with Gasteiger partial charge >= 0.3 is 0 Å². The number of hydrogen-bond donors (Lipinski definition) is 1. The van der Waals surface area contributed by atoms with Gasteiger partial charge < -0.3 is 14.8 Å². The zero-order valence-corrected chi connectivity index (χ0v) is 13.4. The Morgan fingerprint density at radius 2 is 1.88 bits per heavy atom. The number of hydrogen-bond acceptors (Lipinski definition) is 3. The Hall–Kier alpha value is -2.56. The van der Waals surface area contributed by atoms with Crippen LogP contribution >= 0.6 is 0 Å². The summed E-state index contributed by atoms with van der Waals surface area (Å²) in [5, 5.41) is 2.82. The number of fused-ring (bicyclic) bond motifs is 1. The summed E-state index contributed by atoms with van der Waals surface area (Å²) < 4.78 is 24.7. The first-order chi connectivity index (χ1) is 11.7. The average Bonchev–Trinajstić information content (AvgIpc) is 2.81. The molecule has 3 rings (SSSR count). The van der Waals surface area contributed by atoms with Crippen LogP contribution < -0.4 is 14.8 Å². The molecule has 1 aliphatic heterocycles. The molecule has 1 N–H and O–H groups in total. The number of ether oxygens (including phenoxy) is 2. The van der Waals surface area contributed by atoms with Gasteiger partial charge in [0.15, 0.2) is 11.5 Å². The quantitative estimate of drug-likeness (QED) is 0.917. The van der Waals surface area contributed by atoms with Crippen LogP contribution in [-0.2, 0) is 17.6 Å². The molecule has 0 aliphatic carbocycles. The maximum atomic E-state index is 13.5. The van der Waals surface area contributed by atoms with Crippen molar-refractivity contribution in [1.29, 1.82) is 0 Å². The van der Waals surface area contributed by atoms with Crippen molar-refractivity contribution in [3.8, 4) is 11.5 Å². The average molecular weight is 329 g/mol. The molecule has 0 saturated carbocycles. The van der Waals surface area contributed by atoms with E-state index in [0.717, 1.165) is 17.7 Å². The van der Waals surface area contributed by atoms with Gasteiger partial charge in [-0.2, -0.15) is 0 Å². The summed E-state index contributed by atoms with van der Waals surface area (Å²) >= 11 is 0. The molecule has 4 nitrogen and oxygen atoms in total. The van der Waals surface area contributed by atoms with Crippen LogP contribution in [0.4, 0.5) is 4.39 Å². The second kappa shape index (κ2) is 7.81. The van der Waals surface area contributed by atoms with Crippen molar-refractivity contribution in [3.63, 3.8) is 0 Å². The molecule has 2 aromatic carbocycles. The molecule has 2 aromatic rings. The van der Waals surface area contributed by atoms with E-state index in [-0.39, 0.29) is 18.1 Å². The van der Waals surface area contributed by atoms with Gasteiger partial charge in [0.1, 0.15) is 5.82 Å². The standard InChI is InChI=1S/C19H20FNO3/c20-16-5-2-1-4-15(16)8-9-21-19(22)13-14-6-7-17-18(12-14)24-11-3-10-23-17/h1-2,4-7,12H,3,8-11,13H2,(H,21,22). The normalized spacial score (nSPS) is 13.2. The smallest absolute Gasteiger partial charge is 0.224 e. The van der Waals surface area contributed by atoms with Crippen LogP contribution in [0.25, 0.3) is 0 Å². The van der Waals surface area contributed by atoms with Crippen LogP contribution in [0.15, 0.2) is 42.5 Å². The third-order valence-corrected chi connectivity index (χ3v) is 3.85. The van der Waals surface area contributed by atoms with Crippen LogP contribution in [0.2, 0.25) is 0 Å². The van der Waals surface area contributed by atoms with Gasteiger partial charge in [0.2, 0.25) is 5.91 Å². The highest BCUT2D eigenvalue weighted by atomic mass is 19.1. The minimum Gasteiger partial charge on any atom is -0.490 e. The van der Waals surface area contributed by atoms with Gasteiger partial charge in [-0.1, -0.05) is 24.3 Å². The minimum absolute atomic E-state index is 0.0965. The zero-order valence-electron chi connectivity index (χ0n) is 13.4. The van der Waals surface area contributed by atoms with E-state index in [1.807, 2.05) is 18.2 Å². The lowest BCUT2D eigenvalue weighted by Gasteiger charge is -2.10. The van der Waals surface area contributed by atoms with Gasteiger partial charge in [-0.05, 0) is 35.7 Å². The molecular weight excluding hydrogens is 309 g/mol. The molecule has 0 aromatic heterocycles. The van der Waals surface area contributed by atoms with Gasteiger partial charge in [-0.25, -0.2) is 4.39 Å². The van der Waals surface area contributed by atoms with Gasteiger partial charge in [0.25, 0.3) is 0 Å². The first kappa shape index (κ1) is 16.3. The van der Waals surface area contributed by atoms with Crippen molar-refractivity contribution in [2.24, 2.45) is 0 Å². The second-order valence-electron chi connectivity index (χ2n) is 5.70. The summed E-state index contributed by atoms with van der Waals surface area (Å²) in [6.07, 6.45) is 1.58. The first-order valence-corrected chi connectivity index (χ1v) is 8.11. The summed E-state index contributed by atoms with van der Waals surface area (Å²) in [4.78, 5) is 12.0. The minimum atomic E-state index is -0.241. The number of nitrogens with one attached hydrogen (secondary N) is 1. The van der Waals surface area contributed by atoms with Crippen molar-refractivity contribution in [2.75, 3.05) is 19.8 Å². The Morgan fingerprint density at radius 3 is 2.71 bits per heavy atom. The van der Waals surface area contributed by atoms with Gasteiger partial charge in [0.05, 0.1) is 19.6 Å². The van der Waals surface area contributed by atoms with Crippen LogP contribution in [0.1, 0.15) is 17.5 Å². The largest absolute Gasteiger partial charge is 0.490 e. The Kier molecular flexibility index (Phi) is 5.31. The van der Waals surface area contributed by atoms with E-state index in [0.29, 0.717) is 37.5 Å². The fourth-order valence-electron chi connectivity index (χ4n) is 2.60. The SMILES string of the molecule is O=C(Cc1ccc2c(c1)OCCCO2)NCCc1ccccc1F. The predicted molar refractivity (Wildman–Crippen MR) is 88.9 cm³/mol. The third kappa shape index (κ3) is 4.25. The van der Waals surface area contributed by atoms with Crippen molar-refractivity contribution in [3.05, 3.63) is 59.4 Å². The molecule has 0 radical (unpaired) electrons. The van der Waals surface area contributed by atoms with E-state index in [4.69, 9.17) is 9.47 Å². The van der Waals surface area contributed by atoms with E-state index in [2.05, 4.69) is 5.32 Å². The van der Waals surface area contributed by atoms with Crippen LogP contribution in [0.5, 0.6) is 11.5 Å². The highest BCUT2D eigenvalue weighted by Gasteiger charge is 2.12. The van der Waals surface area contributed by atoms with Crippen LogP contribution in [0, 0.1) is 5.82 Å². The maximum Gasteiger partial charge on any atom is 0.224 e. The predicted octanol–water partition coefficient (Wildman–Crippen LogP) is 2.89. The van der Waals surface area contributed by atoms with E-state index in [1.54, 1.807) is 18.2 Å². The second-order valence-corrected chi connectivity index (χ2v) is 5.70. The molecule has 0 atom stereocenters. The third-order valence-electron chi connectivity index (χ3n) is 3.85. The summed E-state index contributed by atoms with van der Waals surface area (Å²) in [7, 11) is 0. The molecule has 0 fully saturated rings. The Morgan fingerprint density at radius 1 is 1.08 bits per heavy atom. The highest BCUT2D eigenvalue weighted by molar-refractivity contribution is 5.78. The van der Waals surface area contributed by atoms with E-state index in [9.17, 15) is 9.18 Å². The number of carbonyl (C=O) groups is 1. The van der Waals surface area contributed by atoms with Crippen molar-refractivity contribution in [2.45, 2.75) is 19.3 Å². The molecule has 1 amide bonds. The Bertz CT molecular complexity index is 718. The molecular formula is C19H20FNO3. The summed E-state index contributed by atoms with van der Waals surface area (Å²) in [6, 6.07) is 12.1. The molecule has 126 valence electrons. The molecule has 5 heteroatoms. The van der Waals surface area contributed by atoms with E-state index < -0.39 is 0 Å². The van der Waals surface area contributed by atoms with E-state index in [1.165, 1.54) is 6.07 Å². The molecule has 1 aliphatic rings. The molecule has 0 bridgehead atoms. The van der Waals surface area contributed by atoms with Gasteiger partial charge in [0, 0.05) is 13.0 Å². The Labute approximate surface area is 140 Å². The Balaban J connectivity index is 1.52. The topological polar surface area (TPSA) is 47.6 Å². The van der Waals surface area contributed by atoms with Crippen LogP contribution in [0.3, 0.4) is 0 Å². The first-order valence-electron chi connectivity index (χ1n) is 8.11. The molecule has 0 saturated heterocycles. The van der Waals surface area contributed by atoms with E-state index >= 15 is 0 Å². The van der Waals surface area contributed by atoms with Gasteiger partial charge in [-0.15, -0.1) is 0 Å². The number of benzene rings is 2. The number of rotatable bonds is 5. The lowest BCUT2D eigenvalue weighted by Crippen LogP contribution is -2.27. The fraction of sp³-hybridized carbons (Fsp3) is 0.316. The van der Waals surface area contributed by atoms with Crippen LogP contribution in [-0.4, -0.2) is 25.7 Å². The molecule has 24 heavy (non-hydrogen) atoms. The number of carbonyl (C=O) groups excluding carboxylic acids is 1. The monoisotopic (exact) mass is 329 g/mol. The molecule has 0 unspecified atom stereocenters. The number of halogens is 1. The van der Waals surface area contributed by atoms with Crippen molar-refractivity contribution >= 4 is 5.91 Å². The summed E-state index contributed by atoms with van der Waals surface area (Å²) in [5.41, 5.74) is 1.47. The summed E-state index contributed by atoms with van der Waals surface area (Å²) in [5.74, 6) is 1.07. The lowest BCUT2D eigenvalue weighted by molar-refractivity contribution is -0.120. The summed E-state index contributed by atoms with van der Waals surface area (Å²) in [6.45, 7) is 1.67. The fourth-order valence-corrected chi connectivity index (χ4v) is 2.60. The van der Waals surface area contributed by atoms with Crippen molar-refractivity contribution in [1.82, 2.24) is 5.32 Å². The lowest BCUT2D eigenvalue weighted by atomic mass is 10.1. The molecule has 1 heterocycles. The maximum absolute atomic E-state index is 13.5. The highest BCUT2D eigenvalue weighted by Crippen LogP contribution is 2.30. The van der Waals surface area contributed by atoms with Crippen molar-refractivity contribution < 1.29 is 18.7 Å². The zero-order chi connectivity index (χ0) is 16.8.